The molecule has 0 radical (unpaired) electrons. The zero-order valence-corrected chi connectivity index (χ0v) is 7.30. The van der Waals surface area contributed by atoms with E-state index in [1.54, 1.807) is 0 Å². The maximum absolute atomic E-state index is 5.95. The van der Waals surface area contributed by atoms with E-state index in [2.05, 4.69) is 31.2 Å². The second-order valence-electron chi connectivity index (χ2n) is 3.39. The highest BCUT2D eigenvalue weighted by atomic mass is 14.6. The summed E-state index contributed by atoms with van der Waals surface area (Å²) < 4.78 is 0. The first-order chi connectivity index (χ1) is 5.77. The molecule has 1 aliphatic carbocycles. The summed E-state index contributed by atoms with van der Waals surface area (Å²) in [6, 6.07) is 8.36. The van der Waals surface area contributed by atoms with Crippen molar-refractivity contribution in [3.63, 3.8) is 0 Å². The summed E-state index contributed by atoms with van der Waals surface area (Å²) in [5.41, 5.74) is 10.8. The van der Waals surface area contributed by atoms with Gasteiger partial charge in [-0.05, 0) is 37.0 Å². The molecule has 2 N–H and O–H groups in total. The van der Waals surface area contributed by atoms with Crippen LogP contribution >= 0.6 is 0 Å². The van der Waals surface area contributed by atoms with Gasteiger partial charge in [0.05, 0.1) is 0 Å². The van der Waals surface area contributed by atoms with Crippen molar-refractivity contribution >= 4 is 5.70 Å². The highest BCUT2D eigenvalue weighted by molar-refractivity contribution is 5.69. The summed E-state index contributed by atoms with van der Waals surface area (Å²) >= 11 is 0. The summed E-state index contributed by atoms with van der Waals surface area (Å²) in [6.07, 6.45) is 2.39. The van der Waals surface area contributed by atoms with Gasteiger partial charge in [-0.3, -0.25) is 0 Å². The highest BCUT2D eigenvalue weighted by Gasteiger charge is 2.16. The van der Waals surface area contributed by atoms with Gasteiger partial charge in [-0.15, -0.1) is 0 Å². The van der Waals surface area contributed by atoms with Crippen molar-refractivity contribution in [2.75, 3.05) is 0 Å². The Morgan fingerprint density at radius 1 is 1.33 bits per heavy atom. The zero-order chi connectivity index (χ0) is 8.55. The minimum absolute atomic E-state index is 0.999. The topological polar surface area (TPSA) is 26.0 Å². The van der Waals surface area contributed by atoms with Crippen LogP contribution in [-0.2, 0) is 0 Å². The van der Waals surface area contributed by atoms with E-state index in [0.717, 1.165) is 5.70 Å². The van der Waals surface area contributed by atoms with Gasteiger partial charge in [0, 0.05) is 5.70 Å². The van der Waals surface area contributed by atoms with Gasteiger partial charge in [0.2, 0.25) is 0 Å². The van der Waals surface area contributed by atoms with E-state index in [9.17, 15) is 0 Å². The molecule has 1 fully saturated rings. The predicted octanol–water partition coefficient (Wildman–Crippen LogP) is 2.46. The number of hydrogen-bond donors (Lipinski definition) is 1. The van der Waals surface area contributed by atoms with Gasteiger partial charge in [-0.1, -0.05) is 23.8 Å². The van der Waals surface area contributed by atoms with Crippen LogP contribution in [0.2, 0.25) is 0 Å². The second kappa shape index (κ2) is 2.67. The van der Waals surface area contributed by atoms with Crippen molar-refractivity contribution in [2.45, 2.75) is 19.8 Å². The van der Waals surface area contributed by atoms with Crippen LogP contribution in [0.3, 0.4) is 0 Å². The number of benzene rings is 1. The SMILES string of the molecule is Cc1cccc(C(N)=C2CC2)c1. The van der Waals surface area contributed by atoms with Crippen LogP contribution in [0, 0.1) is 6.92 Å². The van der Waals surface area contributed by atoms with Crippen LogP contribution in [0.15, 0.2) is 29.8 Å². The van der Waals surface area contributed by atoms with Crippen LogP contribution < -0.4 is 5.73 Å². The largest absolute Gasteiger partial charge is 0.398 e. The maximum Gasteiger partial charge on any atom is 0.0379 e. The molecule has 1 heteroatoms. The van der Waals surface area contributed by atoms with Crippen LogP contribution in [-0.4, -0.2) is 0 Å². The molecular formula is C11H13N. The molecule has 2 rings (SSSR count). The molecule has 0 atom stereocenters. The fraction of sp³-hybridized carbons (Fsp3) is 0.273. The average Bonchev–Trinajstić information content (AvgIpc) is 2.85. The van der Waals surface area contributed by atoms with Crippen molar-refractivity contribution in [1.82, 2.24) is 0 Å². The van der Waals surface area contributed by atoms with E-state index < -0.39 is 0 Å². The normalized spacial score (nSPS) is 14.6. The first-order valence-corrected chi connectivity index (χ1v) is 4.32. The molecule has 0 aromatic heterocycles. The molecule has 0 saturated heterocycles. The number of allylic oxidation sites excluding steroid dienone is 1. The molecule has 62 valence electrons. The third kappa shape index (κ3) is 1.35. The Hall–Kier alpha value is -1.24. The Morgan fingerprint density at radius 3 is 2.67 bits per heavy atom. The van der Waals surface area contributed by atoms with Crippen molar-refractivity contribution < 1.29 is 0 Å². The van der Waals surface area contributed by atoms with Crippen molar-refractivity contribution in [3.8, 4) is 0 Å². The predicted molar refractivity (Wildman–Crippen MR) is 51.5 cm³/mol. The third-order valence-electron chi connectivity index (χ3n) is 2.21. The molecule has 0 unspecified atom stereocenters. The minimum atomic E-state index is 0.999. The Kier molecular flexibility index (Phi) is 1.65. The van der Waals surface area contributed by atoms with Crippen LogP contribution in [0.5, 0.6) is 0 Å². The van der Waals surface area contributed by atoms with E-state index >= 15 is 0 Å². The van der Waals surface area contributed by atoms with Gasteiger partial charge in [-0.2, -0.15) is 0 Å². The molecule has 1 aliphatic rings. The fourth-order valence-corrected chi connectivity index (χ4v) is 1.35. The first-order valence-electron chi connectivity index (χ1n) is 4.32. The molecule has 0 heterocycles. The smallest absolute Gasteiger partial charge is 0.0379 e. The van der Waals surface area contributed by atoms with Gasteiger partial charge >= 0.3 is 0 Å². The molecular weight excluding hydrogens is 146 g/mol. The maximum atomic E-state index is 5.95. The lowest BCUT2D eigenvalue weighted by atomic mass is 10.1. The Balaban J connectivity index is 2.40. The molecule has 1 saturated carbocycles. The quantitative estimate of drug-likeness (QED) is 0.669. The van der Waals surface area contributed by atoms with Crippen LogP contribution in [0.4, 0.5) is 0 Å². The van der Waals surface area contributed by atoms with Gasteiger partial charge in [0.15, 0.2) is 0 Å². The van der Waals surface area contributed by atoms with Gasteiger partial charge in [0.1, 0.15) is 0 Å². The summed E-state index contributed by atoms with van der Waals surface area (Å²) in [5, 5.41) is 0. The Labute approximate surface area is 72.9 Å². The Morgan fingerprint density at radius 2 is 2.08 bits per heavy atom. The van der Waals surface area contributed by atoms with Crippen molar-refractivity contribution in [2.24, 2.45) is 5.73 Å². The molecule has 1 aromatic rings. The number of rotatable bonds is 1. The molecule has 0 bridgehead atoms. The molecule has 1 nitrogen and oxygen atoms in total. The molecule has 1 aromatic carbocycles. The number of nitrogens with two attached hydrogens (primary N) is 1. The molecule has 0 spiro atoms. The standard InChI is InChI=1S/C11H13N/c1-8-3-2-4-10(7-8)11(12)9-5-6-9/h2-4,7H,5-6,12H2,1H3. The molecule has 0 aliphatic heterocycles. The third-order valence-corrected chi connectivity index (χ3v) is 2.21. The summed E-state index contributed by atoms with van der Waals surface area (Å²) in [6.45, 7) is 2.09. The minimum Gasteiger partial charge on any atom is -0.398 e. The number of hydrogen-bond acceptors (Lipinski definition) is 1. The second-order valence-corrected chi connectivity index (χ2v) is 3.39. The highest BCUT2D eigenvalue weighted by Crippen LogP contribution is 2.33. The number of aryl methyl sites for hydroxylation is 1. The van der Waals surface area contributed by atoms with Gasteiger partial charge < -0.3 is 5.73 Å². The summed E-state index contributed by atoms with van der Waals surface area (Å²) in [5.74, 6) is 0. The van der Waals surface area contributed by atoms with Crippen LogP contribution in [0.1, 0.15) is 24.0 Å². The van der Waals surface area contributed by atoms with E-state index in [4.69, 9.17) is 5.73 Å². The lowest BCUT2D eigenvalue weighted by molar-refractivity contribution is 1.41. The Bertz CT molecular complexity index is 331. The molecule has 0 amide bonds. The van der Waals surface area contributed by atoms with Gasteiger partial charge in [-0.25, -0.2) is 0 Å². The average molecular weight is 159 g/mol. The summed E-state index contributed by atoms with van der Waals surface area (Å²) in [7, 11) is 0. The lowest BCUT2D eigenvalue weighted by Crippen LogP contribution is -1.95. The van der Waals surface area contributed by atoms with E-state index in [1.807, 2.05) is 0 Å². The van der Waals surface area contributed by atoms with Crippen molar-refractivity contribution in [1.29, 1.82) is 0 Å². The lowest BCUT2D eigenvalue weighted by Gasteiger charge is -2.01. The monoisotopic (exact) mass is 159 g/mol. The van der Waals surface area contributed by atoms with E-state index in [0.29, 0.717) is 0 Å². The van der Waals surface area contributed by atoms with Crippen molar-refractivity contribution in [3.05, 3.63) is 41.0 Å². The van der Waals surface area contributed by atoms with E-state index in [1.165, 1.54) is 29.5 Å². The first kappa shape index (κ1) is 7.41. The molecule has 12 heavy (non-hydrogen) atoms. The van der Waals surface area contributed by atoms with E-state index in [-0.39, 0.29) is 0 Å². The van der Waals surface area contributed by atoms with Gasteiger partial charge in [0.25, 0.3) is 0 Å². The van der Waals surface area contributed by atoms with Crippen LogP contribution in [0.25, 0.3) is 5.70 Å². The zero-order valence-electron chi connectivity index (χ0n) is 7.30. The fourth-order valence-electron chi connectivity index (χ4n) is 1.35. The summed E-state index contributed by atoms with van der Waals surface area (Å²) in [4.78, 5) is 0.